The van der Waals surface area contributed by atoms with Crippen LogP contribution in [-0.4, -0.2) is 30.4 Å². The van der Waals surface area contributed by atoms with Gasteiger partial charge in [-0.15, -0.1) is 0 Å². The van der Waals surface area contributed by atoms with Crippen LogP contribution in [0.5, 0.6) is 0 Å². The summed E-state index contributed by atoms with van der Waals surface area (Å²) in [5.41, 5.74) is -1.40. The summed E-state index contributed by atoms with van der Waals surface area (Å²) in [6.07, 6.45) is -11.5. The van der Waals surface area contributed by atoms with E-state index >= 15 is 0 Å². The SMILES string of the molecule is NC(=O)COC(=O)c1ccc(C2=NOC(c3cc(F)cc(C(F)(F)F)c3)(C(F)(F)F)C2)c2ccccc12. The zero-order valence-electron chi connectivity index (χ0n) is 18.4. The average Bonchev–Trinajstić information content (AvgIpc) is 3.28. The van der Waals surface area contributed by atoms with E-state index in [9.17, 15) is 40.3 Å². The van der Waals surface area contributed by atoms with Gasteiger partial charge in [0.1, 0.15) is 5.82 Å². The Hall–Kier alpha value is -4.16. The molecule has 194 valence electrons. The van der Waals surface area contributed by atoms with Crippen LogP contribution < -0.4 is 5.73 Å². The molecular formula is C24H15F7N2O4. The number of esters is 1. The minimum Gasteiger partial charge on any atom is -0.452 e. The summed E-state index contributed by atoms with van der Waals surface area (Å²) < 4.78 is 101. The normalized spacial score (nSPS) is 17.9. The number of ether oxygens (including phenoxy) is 1. The number of benzene rings is 3. The van der Waals surface area contributed by atoms with Gasteiger partial charge in [-0.1, -0.05) is 35.5 Å². The van der Waals surface area contributed by atoms with Crippen LogP contribution in [0.4, 0.5) is 30.7 Å². The summed E-state index contributed by atoms with van der Waals surface area (Å²) in [5, 5.41) is 3.99. The van der Waals surface area contributed by atoms with Gasteiger partial charge in [0.25, 0.3) is 11.5 Å². The van der Waals surface area contributed by atoms with E-state index in [1.165, 1.54) is 36.4 Å². The molecule has 1 atom stereocenters. The van der Waals surface area contributed by atoms with Crippen molar-refractivity contribution in [3.05, 3.63) is 82.7 Å². The molecule has 1 amide bonds. The third-order valence-electron chi connectivity index (χ3n) is 5.68. The van der Waals surface area contributed by atoms with Crippen LogP contribution in [0, 0.1) is 5.82 Å². The quantitative estimate of drug-likeness (QED) is 0.363. The summed E-state index contributed by atoms with van der Waals surface area (Å²) >= 11 is 0. The topological polar surface area (TPSA) is 91.0 Å². The molecule has 0 saturated heterocycles. The van der Waals surface area contributed by atoms with Crippen LogP contribution in [0.25, 0.3) is 10.8 Å². The van der Waals surface area contributed by atoms with Crippen molar-refractivity contribution in [3.8, 4) is 0 Å². The smallest absolute Gasteiger partial charge is 0.435 e. The molecule has 4 rings (SSSR count). The van der Waals surface area contributed by atoms with Crippen LogP contribution in [0.2, 0.25) is 0 Å². The molecule has 0 bridgehead atoms. The van der Waals surface area contributed by atoms with Crippen LogP contribution >= 0.6 is 0 Å². The zero-order valence-corrected chi connectivity index (χ0v) is 18.4. The maximum Gasteiger partial charge on any atom is 0.435 e. The lowest BCUT2D eigenvalue weighted by Crippen LogP contribution is -2.43. The minimum atomic E-state index is -5.29. The third kappa shape index (κ3) is 4.80. The van der Waals surface area contributed by atoms with E-state index in [0.29, 0.717) is 6.07 Å². The first-order valence-electron chi connectivity index (χ1n) is 10.4. The summed E-state index contributed by atoms with van der Waals surface area (Å²) in [6, 6.07) is 9.04. The molecule has 0 spiro atoms. The second kappa shape index (κ2) is 9.05. The van der Waals surface area contributed by atoms with E-state index in [2.05, 4.69) is 5.16 Å². The van der Waals surface area contributed by atoms with Crippen molar-refractivity contribution in [1.29, 1.82) is 0 Å². The van der Waals surface area contributed by atoms with Crippen molar-refractivity contribution in [2.24, 2.45) is 10.9 Å². The Morgan fingerprint density at radius 3 is 2.30 bits per heavy atom. The van der Waals surface area contributed by atoms with Gasteiger partial charge in [-0.3, -0.25) is 4.79 Å². The minimum absolute atomic E-state index is 0.0258. The number of hydrogen-bond donors (Lipinski definition) is 1. The summed E-state index contributed by atoms with van der Waals surface area (Å²) in [7, 11) is 0. The van der Waals surface area contributed by atoms with Crippen molar-refractivity contribution in [3.63, 3.8) is 0 Å². The lowest BCUT2D eigenvalue weighted by molar-refractivity contribution is -0.276. The fourth-order valence-corrected chi connectivity index (χ4v) is 3.98. The molecular weight excluding hydrogens is 513 g/mol. The molecule has 0 aliphatic carbocycles. The Kier molecular flexibility index (Phi) is 6.34. The number of primary amides is 1. The molecule has 0 radical (unpaired) electrons. The molecule has 0 fully saturated rings. The number of amides is 1. The molecule has 1 aliphatic heterocycles. The largest absolute Gasteiger partial charge is 0.452 e. The summed E-state index contributed by atoms with van der Waals surface area (Å²) in [6.45, 7) is -0.697. The van der Waals surface area contributed by atoms with Crippen LogP contribution in [-0.2, 0) is 26.1 Å². The third-order valence-corrected chi connectivity index (χ3v) is 5.68. The van der Waals surface area contributed by atoms with E-state index in [0.717, 1.165) is 0 Å². The molecule has 0 saturated carbocycles. The van der Waals surface area contributed by atoms with Crippen molar-refractivity contribution in [1.82, 2.24) is 0 Å². The standard InChI is InChI=1S/C24H15F7N2O4/c25-14-8-12(7-13(9-14)23(26,27)28)22(24(29,30)31)10-19(33-37-22)17-5-6-18(21(35)36-11-20(32)34)16-4-2-1-3-15(16)17/h1-9H,10-11H2,(H2,32,34). The molecule has 0 aromatic heterocycles. The molecule has 6 nitrogen and oxygen atoms in total. The first-order valence-corrected chi connectivity index (χ1v) is 10.4. The fourth-order valence-electron chi connectivity index (χ4n) is 3.98. The van der Waals surface area contributed by atoms with Gasteiger partial charge in [0, 0.05) is 17.5 Å². The lowest BCUT2D eigenvalue weighted by atomic mass is 9.84. The Morgan fingerprint density at radius 2 is 1.68 bits per heavy atom. The molecule has 1 aliphatic rings. The van der Waals surface area contributed by atoms with Gasteiger partial charge < -0.3 is 15.3 Å². The highest BCUT2D eigenvalue weighted by Gasteiger charge is 2.62. The number of rotatable bonds is 5. The molecule has 3 aromatic rings. The Morgan fingerprint density at radius 1 is 1.00 bits per heavy atom. The molecule has 2 N–H and O–H groups in total. The van der Waals surface area contributed by atoms with Gasteiger partial charge in [-0.25, -0.2) is 9.18 Å². The van der Waals surface area contributed by atoms with E-state index in [1.54, 1.807) is 0 Å². The monoisotopic (exact) mass is 528 g/mol. The Labute approximate surface area is 203 Å². The first kappa shape index (κ1) is 25.9. The number of nitrogens with two attached hydrogens (primary N) is 1. The van der Waals surface area contributed by atoms with Crippen molar-refractivity contribution in [2.75, 3.05) is 6.61 Å². The van der Waals surface area contributed by atoms with Gasteiger partial charge in [-0.2, -0.15) is 26.3 Å². The van der Waals surface area contributed by atoms with Gasteiger partial charge in [-0.05, 0) is 35.0 Å². The fraction of sp³-hybridized carbons (Fsp3) is 0.208. The zero-order chi connectivity index (χ0) is 27.2. The van der Waals surface area contributed by atoms with Crippen LogP contribution in [0.15, 0.2) is 59.8 Å². The van der Waals surface area contributed by atoms with E-state index in [1.807, 2.05) is 0 Å². The van der Waals surface area contributed by atoms with Crippen molar-refractivity contribution in [2.45, 2.75) is 24.4 Å². The summed E-state index contributed by atoms with van der Waals surface area (Å²) in [5.74, 6) is -3.36. The number of halogens is 7. The van der Waals surface area contributed by atoms with Gasteiger partial charge >= 0.3 is 18.3 Å². The van der Waals surface area contributed by atoms with E-state index < -0.39 is 59.8 Å². The maximum atomic E-state index is 14.3. The van der Waals surface area contributed by atoms with Gasteiger partial charge in [0.05, 0.1) is 16.8 Å². The van der Waals surface area contributed by atoms with Crippen molar-refractivity contribution >= 4 is 28.4 Å². The van der Waals surface area contributed by atoms with Crippen LogP contribution in [0.1, 0.15) is 33.5 Å². The second-order valence-corrected chi connectivity index (χ2v) is 8.11. The average molecular weight is 528 g/mol. The first-order chi connectivity index (χ1) is 17.2. The maximum absolute atomic E-state index is 14.3. The lowest BCUT2D eigenvalue weighted by Gasteiger charge is -2.30. The highest BCUT2D eigenvalue weighted by Crippen LogP contribution is 2.50. The van der Waals surface area contributed by atoms with Gasteiger partial charge in [0.15, 0.2) is 6.61 Å². The number of nitrogens with zero attached hydrogens (tertiary/aromatic N) is 1. The van der Waals surface area contributed by atoms with Crippen molar-refractivity contribution < 1.29 is 49.9 Å². The highest BCUT2D eigenvalue weighted by molar-refractivity contribution is 6.15. The Bertz CT molecular complexity index is 1430. The van der Waals surface area contributed by atoms with E-state index in [4.69, 9.17) is 15.3 Å². The van der Waals surface area contributed by atoms with Gasteiger partial charge in [0.2, 0.25) is 0 Å². The molecule has 1 heterocycles. The number of carbonyl (C=O) groups excluding carboxylic acids is 2. The second-order valence-electron chi connectivity index (χ2n) is 8.11. The predicted molar refractivity (Wildman–Crippen MR) is 115 cm³/mol. The number of fused-ring (bicyclic) bond motifs is 1. The number of oxime groups is 1. The molecule has 1 unspecified atom stereocenters. The van der Waals surface area contributed by atoms with E-state index in [-0.39, 0.29) is 39.7 Å². The molecule has 13 heteroatoms. The number of carbonyl (C=O) groups is 2. The molecule has 37 heavy (non-hydrogen) atoms. The number of hydrogen-bond acceptors (Lipinski definition) is 5. The molecule has 3 aromatic carbocycles. The predicted octanol–water partition coefficient (Wildman–Crippen LogP) is 5.22. The Balaban J connectivity index is 1.78. The van der Waals surface area contributed by atoms with Crippen LogP contribution in [0.3, 0.4) is 0 Å². The summed E-state index contributed by atoms with van der Waals surface area (Å²) in [4.78, 5) is 28.1. The highest BCUT2D eigenvalue weighted by atomic mass is 19.4. The number of alkyl halides is 6.